The molecule has 0 saturated carbocycles. The van der Waals surface area contributed by atoms with E-state index >= 15 is 0 Å². The molecule has 26 heavy (non-hydrogen) atoms. The fraction of sp³-hybridized carbons (Fsp3) is 0.0556. The van der Waals surface area contributed by atoms with Crippen LogP contribution in [-0.2, 0) is 4.79 Å². The Morgan fingerprint density at radius 3 is 2.62 bits per heavy atom. The molecule has 0 radical (unpaired) electrons. The van der Waals surface area contributed by atoms with E-state index in [1.165, 1.54) is 19.2 Å². The number of ether oxygens (including phenoxy) is 1. The van der Waals surface area contributed by atoms with Crippen LogP contribution in [0.5, 0.6) is 5.75 Å². The Kier molecular flexibility index (Phi) is 5.55. The Hall–Kier alpha value is -2.03. The quantitative estimate of drug-likeness (QED) is 0.386. The molecule has 0 aliphatic carbocycles. The van der Waals surface area contributed by atoms with E-state index in [9.17, 15) is 14.0 Å². The summed E-state index contributed by atoms with van der Waals surface area (Å²) in [7, 11) is 1.53. The number of hydrogen-bond donors (Lipinski definition) is 0. The third-order valence-electron chi connectivity index (χ3n) is 3.57. The van der Waals surface area contributed by atoms with Crippen molar-refractivity contribution in [1.29, 1.82) is 0 Å². The average Bonchev–Trinajstić information content (AvgIpc) is 2.89. The summed E-state index contributed by atoms with van der Waals surface area (Å²) in [5.41, 5.74) is 0.862. The van der Waals surface area contributed by atoms with Crippen molar-refractivity contribution in [1.82, 2.24) is 4.90 Å². The van der Waals surface area contributed by atoms with Crippen LogP contribution in [0.4, 0.5) is 4.39 Å². The standard InChI is InChI=1S/C18H11BrFNO3S2/c1-24-14-7-4-12(19)8-11(14)9-15-17(23)21(18(25)26-15)16(22)10-2-5-13(20)6-3-10/h2-9H,1H3. The van der Waals surface area contributed by atoms with Crippen LogP contribution in [0.2, 0.25) is 0 Å². The largest absolute Gasteiger partial charge is 0.496 e. The summed E-state index contributed by atoms with van der Waals surface area (Å²) < 4.78 is 19.3. The minimum atomic E-state index is -0.586. The lowest BCUT2D eigenvalue weighted by atomic mass is 10.1. The van der Waals surface area contributed by atoms with E-state index in [2.05, 4.69) is 15.9 Å². The molecule has 1 heterocycles. The Labute approximate surface area is 167 Å². The summed E-state index contributed by atoms with van der Waals surface area (Å²) in [5, 5.41) is 0. The van der Waals surface area contributed by atoms with Gasteiger partial charge in [0.1, 0.15) is 11.6 Å². The van der Waals surface area contributed by atoms with Gasteiger partial charge in [0.15, 0.2) is 4.32 Å². The van der Waals surface area contributed by atoms with Crippen molar-refractivity contribution in [2.45, 2.75) is 0 Å². The summed E-state index contributed by atoms with van der Waals surface area (Å²) in [6.45, 7) is 0. The molecular formula is C18H11BrFNO3S2. The normalized spacial score (nSPS) is 15.7. The molecule has 0 bridgehead atoms. The van der Waals surface area contributed by atoms with Crippen LogP contribution < -0.4 is 4.74 Å². The van der Waals surface area contributed by atoms with Crippen LogP contribution in [-0.4, -0.2) is 28.1 Å². The van der Waals surface area contributed by atoms with Crippen LogP contribution in [0.25, 0.3) is 6.08 Å². The van der Waals surface area contributed by atoms with E-state index < -0.39 is 17.6 Å². The van der Waals surface area contributed by atoms with Gasteiger partial charge in [0.25, 0.3) is 11.8 Å². The van der Waals surface area contributed by atoms with Crippen LogP contribution in [0.1, 0.15) is 15.9 Å². The molecule has 1 saturated heterocycles. The summed E-state index contributed by atoms with van der Waals surface area (Å²) in [5.74, 6) is -0.981. The first-order valence-corrected chi connectivity index (χ1v) is 9.34. The average molecular weight is 452 g/mol. The maximum absolute atomic E-state index is 13.0. The summed E-state index contributed by atoms with van der Waals surface area (Å²) in [6, 6.07) is 10.3. The maximum Gasteiger partial charge on any atom is 0.273 e. The highest BCUT2D eigenvalue weighted by molar-refractivity contribution is 9.10. The summed E-state index contributed by atoms with van der Waals surface area (Å²) in [6.07, 6.45) is 1.63. The molecule has 3 rings (SSSR count). The minimum Gasteiger partial charge on any atom is -0.496 e. The highest BCUT2D eigenvalue weighted by atomic mass is 79.9. The lowest BCUT2D eigenvalue weighted by Crippen LogP contribution is -2.34. The zero-order valence-corrected chi connectivity index (χ0v) is 16.6. The van der Waals surface area contributed by atoms with Gasteiger partial charge in [-0.05, 0) is 48.5 Å². The van der Waals surface area contributed by atoms with Gasteiger partial charge in [-0.25, -0.2) is 9.29 Å². The number of carbonyl (C=O) groups excluding carboxylic acids is 2. The first kappa shape index (κ1) is 18.8. The molecule has 0 aromatic heterocycles. The summed E-state index contributed by atoms with van der Waals surface area (Å²) in [4.78, 5) is 26.5. The number of thiocarbonyl (C=S) groups is 1. The molecule has 2 aromatic rings. The van der Waals surface area contributed by atoms with Crippen molar-refractivity contribution in [3.8, 4) is 5.75 Å². The Balaban J connectivity index is 1.93. The van der Waals surface area contributed by atoms with Gasteiger partial charge < -0.3 is 4.74 Å². The predicted molar refractivity (Wildman–Crippen MR) is 106 cm³/mol. The van der Waals surface area contributed by atoms with E-state index in [-0.39, 0.29) is 9.88 Å². The van der Waals surface area contributed by atoms with Gasteiger partial charge >= 0.3 is 0 Å². The molecular weight excluding hydrogens is 441 g/mol. The molecule has 8 heteroatoms. The molecule has 1 aliphatic rings. The zero-order valence-electron chi connectivity index (χ0n) is 13.4. The number of hydrogen-bond acceptors (Lipinski definition) is 5. The van der Waals surface area contributed by atoms with Gasteiger partial charge in [-0.3, -0.25) is 9.59 Å². The number of imide groups is 1. The molecule has 1 aliphatic heterocycles. The lowest BCUT2D eigenvalue weighted by Gasteiger charge is -2.12. The van der Waals surface area contributed by atoms with Crippen molar-refractivity contribution in [3.63, 3.8) is 0 Å². The van der Waals surface area contributed by atoms with E-state index in [0.717, 1.165) is 33.3 Å². The van der Waals surface area contributed by atoms with Gasteiger partial charge in [-0.1, -0.05) is 39.9 Å². The van der Waals surface area contributed by atoms with Crippen molar-refractivity contribution in [2.24, 2.45) is 0 Å². The molecule has 0 N–H and O–H groups in total. The number of thioether (sulfide) groups is 1. The lowest BCUT2D eigenvalue weighted by molar-refractivity contribution is -0.120. The van der Waals surface area contributed by atoms with Crippen LogP contribution in [0.3, 0.4) is 0 Å². The highest BCUT2D eigenvalue weighted by Gasteiger charge is 2.37. The van der Waals surface area contributed by atoms with E-state index in [4.69, 9.17) is 17.0 Å². The maximum atomic E-state index is 13.0. The molecule has 0 unspecified atom stereocenters. The fourth-order valence-corrected chi connectivity index (χ4v) is 3.95. The third kappa shape index (κ3) is 3.72. The van der Waals surface area contributed by atoms with Gasteiger partial charge in [0, 0.05) is 15.6 Å². The molecule has 2 aromatic carbocycles. The van der Waals surface area contributed by atoms with E-state index in [0.29, 0.717) is 16.2 Å². The number of methoxy groups -OCH3 is 1. The molecule has 2 amide bonds. The van der Waals surface area contributed by atoms with Crippen LogP contribution in [0, 0.1) is 5.82 Å². The second-order valence-electron chi connectivity index (χ2n) is 5.22. The number of rotatable bonds is 3. The zero-order chi connectivity index (χ0) is 18.8. The van der Waals surface area contributed by atoms with Gasteiger partial charge in [0.05, 0.1) is 12.0 Å². The summed E-state index contributed by atoms with van der Waals surface area (Å²) >= 11 is 9.60. The molecule has 1 fully saturated rings. The Morgan fingerprint density at radius 1 is 1.27 bits per heavy atom. The minimum absolute atomic E-state index is 0.129. The van der Waals surface area contributed by atoms with Crippen molar-refractivity contribution in [2.75, 3.05) is 7.11 Å². The topological polar surface area (TPSA) is 46.6 Å². The molecule has 4 nitrogen and oxygen atoms in total. The smallest absolute Gasteiger partial charge is 0.273 e. The Morgan fingerprint density at radius 2 is 1.96 bits per heavy atom. The van der Waals surface area contributed by atoms with Crippen LogP contribution in [0.15, 0.2) is 51.8 Å². The first-order chi connectivity index (χ1) is 12.4. The second-order valence-corrected chi connectivity index (χ2v) is 7.81. The number of halogens is 2. The molecule has 0 spiro atoms. The number of amides is 2. The molecule has 0 atom stereocenters. The third-order valence-corrected chi connectivity index (χ3v) is 5.36. The number of carbonyl (C=O) groups is 2. The Bertz CT molecular complexity index is 944. The van der Waals surface area contributed by atoms with Crippen molar-refractivity contribution < 1.29 is 18.7 Å². The predicted octanol–water partition coefficient (Wildman–Crippen LogP) is 4.64. The molecule has 132 valence electrons. The van der Waals surface area contributed by atoms with Gasteiger partial charge in [0.2, 0.25) is 0 Å². The monoisotopic (exact) mass is 451 g/mol. The van der Waals surface area contributed by atoms with Gasteiger partial charge in [-0.2, -0.15) is 0 Å². The van der Waals surface area contributed by atoms with Gasteiger partial charge in [-0.15, -0.1) is 0 Å². The number of benzene rings is 2. The van der Waals surface area contributed by atoms with Crippen molar-refractivity contribution in [3.05, 3.63) is 68.8 Å². The second kappa shape index (κ2) is 7.69. The SMILES string of the molecule is COc1ccc(Br)cc1C=C1SC(=S)N(C(=O)c2ccc(F)cc2)C1=O. The van der Waals surface area contributed by atoms with E-state index in [1.54, 1.807) is 18.2 Å². The fourth-order valence-electron chi connectivity index (χ4n) is 2.32. The van der Waals surface area contributed by atoms with E-state index in [1.807, 2.05) is 6.07 Å². The number of nitrogens with zero attached hydrogens (tertiary/aromatic N) is 1. The highest BCUT2D eigenvalue weighted by Crippen LogP contribution is 2.35. The van der Waals surface area contributed by atoms with Crippen LogP contribution >= 0.6 is 39.9 Å². The first-order valence-electron chi connectivity index (χ1n) is 7.32. The van der Waals surface area contributed by atoms with Crippen molar-refractivity contribution >= 4 is 62.1 Å².